The summed E-state index contributed by atoms with van der Waals surface area (Å²) in [6.07, 6.45) is 1.44. The van der Waals surface area contributed by atoms with Crippen molar-refractivity contribution in [1.29, 1.82) is 0 Å². The number of nitrogens with one attached hydrogen (secondary N) is 1. The molecule has 1 N–H and O–H groups in total. The predicted octanol–water partition coefficient (Wildman–Crippen LogP) is 3.18. The largest absolute Gasteiger partial charge is 0.494 e. The molecule has 9 heteroatoms. The molecule has 8 nitrogen and oxygen atoms in total. The van der Waals surface area contributed by atoms with Crippen LogP contribution in [0.1, 0.15) is 39.7 Å². The van der Waals surface area contributed by atoms with Crippen molar-refractivity contribution in [3.8, 4) is 5.75 Å². The molecule has 34 heavy (non-hydrogen) atoms. The zero-order chi connectivity index (χ0) is 25.3. The molecule has 0 aromatic heterocycles. The average Bonchev–Trinajstić information content (AvgIpc) is 2.77. The van der Waals surface area contributed by atoms with Gasteiger partial charge in [-0.05, 0) is 57.0 Å². The van der Waals surface area contributed by atoms with Crippen LogP contribution in [0.2, 0.25) is 0 Å². The van der Waals surface area contributed by atoms with Gasteiger partial charge in [0.15, 0.2) is 0 Å². The molecule has 186 valence electrons. The number of amides is 2. The van der Waals surface area contributed by atoms with E-state index in [1.165, 1.54) is 4.90 Å². The van der Waals surface area contributed by atoms with Gasteiger partial charge in [-0.3, -0.25) is 13.9 Å². The fourth-order valence-electron chi connectivity index (χ4n) is 3.57. The molecule has 0 unspecified atom stereocenters. The highest BCUT2D eigenvalue weighted by atomic mass is 32.2. The van der Waals surface area contributed by atoms with Gasteiger partial charge in [-0.25, -0.2) is 8.42 Å². The maximum atomic E-state index is 13.6. The van der Waals surface area contributed by atoms with Gasteiger partial charge in [0.05, 0.1) is 18.6 Å². The maximum absolute atomic E-state index is 13.6. The summed E-state index contributed by atoms with van der Waals surface area (Å²) in [6.45, 7) is 7.64. The zero-order valence-corrected chi connectivity index (χ0v) is 21.3. The summed E-state index contributed by atoms with van der Waals surface area (Å²) in [4.78, 5) is 27.9. The topological polar surface area (TPSA) is 96.0 Å². The summed E-state index contributed by atoms with van der Waals surface area (Å²) >= 11 is 0. The normalized spacial score (nSPS) is 12.2. The van der Waals surface area contributed by atoms with Crippen LogP contribution in [0.5, 0.6) is 5.75 Å². The van der Waals surface area contributed by atoms with Gasteiger partial charge >= 0.3 is 0 Å². The summed E-state index contributed by atoms with van der Waals surface area (Å²) in [5, 5.41) is 2.87. The van der Waals surface area contributed by atoms with Crippen molar-refractivity contribution >= 4 is 27.5 Å². The average molecular weight is 490 g/mol. The molecule has 0 fully saturated rings. The Morgan fingerprint density at radius 3 is 2.12 bits per heavy atom. The third-order valence-corrected chi connectivity index (χ3v) is 6.27. The molecule has 0 aliphatic carbocycles. The van der Waals surface area contributed by atoms with Crippen LogP contribution in [0.3, 0.4) is 0 Å². The van der Waals surface area contributed by atoms with E-state index >= 15 is 0 Å². The minimum absolute atomic E-state index is 0.0911. The first kappa shape index (κ1) is 27.2. The third kappa shape index (κ3) is 7.76. The van der Waals surface area contributed by atoms with Gasteiger partial charge in [0, 0.05) is 12.6 Å². The molecule has 0 saturated heterocycles. The van der Waals surface area contributed by atoms with E-state index in [0.29, 0.717) is 24.5 Å². The number of benzene rings is 2. The van der Waals surface area contributed by atoms with Crippen LogP contribution in [0.15, 0.2) is 54.6 Å². The van der Waals surface area contributed by atoms with Crippen LogP contribution in [-0.4, -0.2) is 56.6 Å². The van der Waals surface area contributed by atoms with Crippen molar-refractivity contribution < 1.29 is 22.7 Å². The van der Waals surface area contributed by atoms with Crippen LogP contribution in [-0.2, 0) is 26.2 Å². The molecular formula is C25H35N3O5S. The summed E-state index contributed by atoms with van der Waals surface area (Å²) in [6, 6.07) is 15.0. The molecule has 0 radical (unpaired) electrons. The van der Waals surface area contributed by atoms with Crippen LogP contribution < -0.4 is 14.4 Å². The number of hydrogen-bond acceptors (Lipinski definition) is 5. The van der Waals surface area contributed by atoms with Gasteiger partial charge < -0.3 is 15.0 Å². The summed E-state index contributed by atoms with van der Waals surface area (Å²) in [5.41, 5.74) is 1.19. The highest BCUT2D eigenvalue weighted by Crippen LogP contribution is 2.23. The number of carbonyl (C=O) groups is 2. The van der Waals surface area contributed by atoms with Gasteiger partial charge in [0.2, 0.25) is 21.8 Å². The van der Waals surface area contributed by atoms with Crippen LogP contribution >= 0.6 is 0 Å². The predicted molar refractivity (Wildman–Crippen MR) is 134 cm³/mol. The number of hydrogen-bond donors (Lipinski definition) is 1. The first-order valence-electron chi connectivity index (χ1n) is 11.4. The van der Waals surface area contributed by atoms with Crippen molar-refractivity contribution in [1.82, 2.24) is 10.2 Å². The van der Waals surface area contributed by atoms with Crippen molar-refractivity contribution in [3.05, 3.63) is 60.2 Å². The first-order chi connectivity index (χ1) is 16.1. The highest BCUT2D eigenvalue weighted by molar-refractivity contribution is 7.92. The Labute approximate surface area is 202 Å². The fraction of sp³-hybridized carbons (Fsp3) is 0.440. The molecule has 0 heterocycles. The molecule has 2 rings (SSSR count). The van der Waals surface area contributed by atoms with Crippen molar-refractivity contribution in [2.24, 2.45) is 0 Å². The van der Waals surface area contributed by atoms with E-state index in [0.717, 1.165) is 16.1 Å². The highest BCUT2D eigenvalue weighted by Gasteiger charge is 2.31. The van der Waals surface area contributed by atoms with E-state index in [9.17, 15) is 18.0 Å². The molecule has 0 aliphatic rings. The van der Waals surface area contributed by atoms with Gasteiger partial charge in [-0.15, -0.1) is 0 Å². The number of sulfonamides is 1. The fourth-order valence-corrected chi connectivity index (χ4v) is 4.42. The maximum Gasteiger partial charge on any atom is 0.244 e. The van der Waals surface area contributed by atoms with Crippen LogP contribution in [0, 0.1) is 0 Å². The number of rotatable bonds is 12. The lowest BCUT2D eigenvalue weighted by Crippen LogP contribution is -2.53. The van der Waals surface area contributed by atoms with Crippen LogP contribution in [0.4, 0.5) is 5.69 Å². The van der Waals surface area contributed by atoms with E-state index < -0.39 is 28.5 Å². The van der Waals surface area contributed by atoms with Gasteiger partial charge in [0.1, 0.15) is 18.3 Å². The molecule has 2 amide bonds. The number of carbonyl (C=O) groups excluding carboxylic acids is 2. The van der Waals surface area contributed by atoms with E-state index in [2.05, 4.69) is 5.32 Å². The minimum atomic E-state index is -3.77. The minimum Gasteiger partial charge on any atom is -0.494 e. The standard InChI is InChI=1S/C25H35N3O5S/c1-6-23(25(30)26-19(3)4)27(17-20-11-9-8-10-12-20)24(29)18-28(34(5,31)32)21-13-15-22(16-14-21)33-7-2/h8-16,19,23H,6-7,17-18H2,1-5H3,(H,26,30)/t23-/m1/s1. The Bertz CT molecular complexity index is 1040. The molecule has 2 aromatic rings. The van der Waals surface area contributed by atoms with E-state index in [1.807, 2.05) is 58.0 Å². The molecule has 2 aromatic carbocycles. The molecule has 0 aliphatic heterocycles. The Hall–Kier alpha value is -3.07. The molecule has 0 saturated carbocycles. The SMILES string of the molecule is CCOc1ccc(N(CC(=O)N(Cc2ccccc2)[C@H](CC)C(=O)NC(C)C)S(C)(=O)=O)cc1. The van der Waals surface area contributed by atoms with Gasteiger partial charge in [-0.2, -0.15) is 0 Å². The van der Waals surface area contributed by atoms with Crippen molar-refractivity contribution in [2.75, 3.05) is 23.7 Å². The monoisotopic (exact) mass is 489 g/mol. The summed E-state index contributed by atoms with van der Waals surface area (Å²) in [7, 11) is -3.77. The molecule has 0 spiro atoms. The molecular weight excluding hydrogens is 454 g/mol. The van der Waals surface area contributed by atoms with E-state index in [4.69, 9.17) is 4.74 Å². The Morgan fingerprint density at radius 1 is 1.00 bits per heavy atom. The third-order valence-electron chi connectivity index (χ3n) is 5.13. The second-order valence-electron chi connectivity index (χ2n) is 8.29. The summed E-state index contributed by atoms with van der Waals surface area (Å²) in [5.74, 6) is -0.129. The van der Waals surface area contributed by atoms with E-state index in [-0.39, 0.29) is 18.5 Å². The van der Waals surface area contributed by atoms with Crippen molar-refractivity contribution in [2.45, 2.75) is 52.7 Å². The number of nitrogens with zero attached hydrogens (tertiary/aromatic N) is 2. The van der Waals surface area contributed by atoms with Gasteiger partial charge in [-0.1, -0.05) is 37.3 Å². The van der Waals surface area contributed by atoms with Crippen LogP contribution in [0.25, 0.3) is 0 Å². The molecule has 0 bridgehead atoms. The first-order valence-corrected chi connectivity index (χ1v) is 13.3. The molecule has 1 atom stereocenters. The summed E-state index contributed by atoms with van der Waals surface area (Å²) < 4.78 is 31.7. The lowest BCUT2D eigenvalue weighted by Gasteiger charge is -2.33. The quantitative estimate of drug-likeness (QED) is 0.494. The lowest BCUT2D eigenvalue weighted by atomic mass is 10.1. The number of anilines is 1. The van der Waals surface area contributed by atoms with Crippen molar-refractivity contribution in [3.63, 3.8) is 0 Å². The smallest absolute Gasteiger partial charge is 0.244 e. The van der Waals surface area contributed by atoms with Gasteiger partial charge in [0.25, 0.3) is 0 Å². The second-order valence-corrected chi connectivity index (χ2v) is 10.2. The zero-order valence-electron chi connectivity index (χ0n) is 20.5. The Balaban J connectivity index is 2.39. The number of ether oxygens (including phenoxy) is 1. The lowest BCUT2D eigenvalue weighted by molar-refractivity contribution is -0.140. The Kier molecular flexibility index (Phi) is 9.92. The van der Waals surface area contributed by atoms with E-state index in [1.54, 1.807) is 24.3 Å². The second kappa shape index (κ2) is 12.4. The Morgan fingerprint density at radius 2 is 1.62 bits per heavy atom.